The molecule has 0 atom stereocenters. The molecule has 2 aromatic carbocycles. The summed E-state index contributed by atoms with van der Waals surface area (Å²) >= 11 is 0. The molecule has 0 saturated heterocycles. The van der Waals surface area contributed by atoms with E-state index in [-0.39, 0.29) is 12.0 Å². The highest BCUT2D eigenvalue weighted by Gasteiger charge is 2.19. The summed E-state index contributed by atoms with van der Waals surface area (Å²) in [5.74, 6) is -1.03. The van der Waals surface area contributed by atoms with Gasteiger partial charge in [-0.15, -0.1) is 0 Å². The summed E-state index contributed by atoms with van der Waals surface area (Å²) in [6, 6.07) is 11.7. The Hall–Kier alpha value is -3.35. The molecule has 5 nitrogen and oxygen atoms in total. The van der Waals surface area contributed by atoms with E-state index >= 15 is 0 Å². The summed E-state index contributed by atoms with van der Waals surface area (Å²) < 4.78 is 31.3. The number of H-pyrrole nitrogens is 1. The Bertz CT molecular complexity index is 1190. The van der Waals surface area contributed by atoms with Crippen molar-refractivity contribution in [3.8, 4) is 11.1 Å². The molecule has 0 aliphatic rings. The fourth-order valence-corrected chi connectivity index (χ4v) is 3.49. The summed E-state index contributed by atoms with van der Waals surface area (Å²) in [7, 11) is 0. The lowest BCUT2D eigenvalue weighted by atomic mass is 9.97. The first-order valence-corrected chi connectivity index (χ1v) is 9.55. The number of benzene rings is 2. The second-order valence-corrected chi connectivity index (χ2v) is 6.94. The highest BCUT2D eigenvalue weighted by Crippen LogP contribution is 2.26. The number of unbranched alkanes of at least 4 members (excludes halogenated alkanes) is 1. The number of nitrogens with one attached hydrogen (secondary N) is 1. The van der Waals surface area contributed by atoms with Crippen LogP contribution in [0.25, 0.3) is 16.9 Å². The topological polar surface area (TPSA) is 63.0 Å². The minimum Gasteiger partial charge on any atom is -0.291 e. The number of aromatic nitrogens is 4. The third kappa shape index (κ3) is 3.68. The summed E-state index contributed by atoms with van der Waals surface area (Å²) in [5.41, 5.74) is 1.59. The first-order valence-electron chi connectivity index (χ1n) is 9.55. The summed E-state index contributed by atoms with van der Waals surface area (Å²) in [6.45, 7) is 2.03. The van der Waals surface area contributed by atoms with Gasteiger partial charge in [0, 0.05) is 17.5 Å². The fourth-order valence-electron chi connectivity index (χ4n) is 3.49. The fraction of sp³-hybridized carbons (Fsp3) is 0.227. The molecule has 2 heterocycles. The monoisotopic (exact) mass is 394 g/mol. The van der Waals surface area contributed by atoms with Crippen LogP contribution in [0.15, 0.2) is 53.6 Å². The SMILES string of the molecule is CCCCc1c(Cc2c(F)cc(-c3ccccc3)cc2F)c(=O)[nH]c2ncnn12. The van der Waals surface area contributed by atoms with Crippen LogP contribution in [0, 0.1) is 11.6 Å². The third-order valence-electron chi connectivity index (χ3n) is 5.02. The number of fused-ring (bicyclic) bond motifs is 1. The Morgan fingerprint density at radius 2 is 1.76 bits per heavy atom. The van der Waals surface area contributed by atoms with Crippen LogP contribution in [-0.2, 0) is 12.8 Å². The normalized spacial score (nSPS) is 11.3. The Labute approximate surface area is 166 Å². The molecule has 0 spiro atoms. The van der Waals surface area contributed by atoms with Crippen molar-refractivity contribution >= 4 is 5.78 Å². The van der Waals surface area contributed by atoms with E-state index in [1.54, 1.807) is 16.6 Å². The molecule has 0 bridgehead atoms. The Morgan fingerprint density at radius 3 is 2.45 bits per heavy atom. The number of hydrogen-bond acceptors (Lipinski definition) is 3. The van der Waals surface area contributed by atoms with Gasteiger partial charge in [0.25, 0.3) is 5.56 Å². The molecular formula is C22H20F2N4O. The van der Waals surface area contributed by atoms with Crippen molar-refractivity contribution in [1.82, 2.24) is 19.6 Å². The first kappa shape index (κ1) is 19.0. The molecule has 29 heavy (non-hydrogen) atoms. The second kappa shape index (κ2) is 7.95. The van der Waals surface area contributed by atoms with E-state index in [2.05, 4.69) is 15.1 Å². The molecule has 0 aliphatic heterocycles. The number of halogens is 2. The Morgan fingerprint density at radius 1 is 1.03 bits per heavy atom. The van der Waals surface area contributed by atoms with Crippen LogP contribution in [0.2, 0.25) is 0 Å². The average Bonchev–Trinajstić information content (AvgIpc) is 3.18. The quantitative estimate of drug-likeness (QED) is 0.530. The van der Waals surface area contributed by atoms with Gasteiger partial charge in [-0.05, 0) is 36.1 Å². The van der Waals surface area contributed by atoms with Crippen molar-refractivity contribution in [2.24, 2.45) is 0 Å². The zero-order chi connectivity index (χ0) is 20.4. The number of aromatic amines is 1. The molecule has 4 rings (SSSR count). The van der Waals surface area contributed by atoms with Gasteiger partial charge >= 0.3 is 0 Å². The predicted molar refractivity (Wildman–Crippen MR) is 107 cm³/mol. The van der Waals surface area contributed by atoms with Crippen LogP contribution >= 0.6 is 0 Å². The van der Waals surface area contributed by atoms with E-state index in [1.165, 1.54) is 18.5 Å². The van der Waals surface area contributed by atoms with Crippen molar-refractivity contribution in [2.75, 3.05) is 0 Å². The molecule has 7 heteroatoms. The maximum atomic E-state index is 14.9. The van der Waals surface area contributed by atoms with E-state index in [1.807, 2.05) is 25.1 Å². The molecule has 0 fully saturated rings. The molecule has 148 valence electrons. The van der Waals surface area contributed by atoms with E-state index in [0.717, 1.165) is 18.4 Å². The van der Waals surface area contributed by atoms with Crippen LogP contribution in [0.3, 0.4) is 0 Å². The van der Waals surface area contributed by atoms with Gasteiger partial charge in [0.05, 0.1) is 5.69 Å². The molecule has 0 amide bonds. The van der Waals surface area contributed by atoms with Crippen molar-refractivity contribution < 1.29 is 8.78 Å². The minimum absolute atomic E-state index is 0.132. The third-order valence-corrected chi connectivity index (χ3v) is 5.02. The highest BCUT2D eigenvalue weighted by molar-refractivity contribution is 5.64. The van der Waals surface area contributed by atoms with Crippen LogP contribution in [0.1, 0.15) is 36.6 Å². The molecule has 0 aliphatic carbocycles. The maximum absolute atomic E-state index is 14.9. The minimum atomic E-state index is -0.677. The maximum Gasteiger partial charge on any atom is 0.256 e. The summed E-state index contributed by atoms with van der Waals surface area (Å²) in [5, 5.41) is 4.16. The molecule has 1 N–H and O–H groups in total. The van der Waals surface area contributed by atoms with Crippen molar-refractivity contribution in [1.29, 1.82) is 0 Å². The summed E-state index contributed by atoms with van der Waals surface area (Å²) in [6.07, 6.45) is 3.50. The number of nitrogens with zero attached hydrogens (tertiary/aromatic N) is 3. The lowest BCUT2D eigenvalue weighted by Crippen LogP contribution is -2.21. The standard InChI is InChI=1S/C22H20F2N4O/c1-2-3-9-20-17(21(29)27-22-25-13-26-28(20)22)12-16-18(23)10-15(11-19(16)24)14-7-5-4-6-8-14/h4-8,10-11,13H,2-3,9,12H2,1H3,(H,25,26,27,29). The van der Waals surface area contributed by atoms with Crippen molar-refractivity contribution in [2.45, 2.75) is 32.6 Å². The zero-order valence-electron chi connectivity index (χ0n) is 16.0. The smallest absolute Gasteiger partial charge is 0.256 e. The van der Waals surface area contributed by atoms with Crippen LogP contribution in [0.4, 0.5) is 8.78 Å². The van der Waals surface area contributed by atoms with Crippen LogP contribution < -0.4 is 5.56 Å². The molecule has 0 radical (unpaired) electrons. The predicted octanol–water partition coefficient (Wildman–Crippen LogP) is 4.30. The van der Waals surface area contributed by atoms with Gasteiger partial charge in [0.15, 0.2) is 0 Å². The zero-order valence-corrected chi connectivity index (χ0v) is 16.0. The van der Waals surface area contributed by atoms with E-state index in [0.29, 0.717) is 29.0 Å². The molecular weight excluding hydrogens is 374 g/mol. The number of rotatable bonds is 6. The van der Waals surface area contributed by atoms with Gasteiger partial charge < -0.3 is 0 Å². The lowest BCUT2D eigenvalue weighted by Gasteiger charge is -2.12. The molecule has 0 unspecified atom stereocenters. The van der Waals surface area contributed by atoms with Gasteiger partial charge in [-0.2, -0.15) is 10.1 Å². The van der Waals surface area contributed by atoms with Gasteiger partial charge in [0.1, 0.15) is 18.0 Å². The van der Waals surface area contributed by atoms with E-state index < -0.39 is 17.2 Å². The van der Waals surface area contributed by atoms with Gasteiger partial charge in [-0.3, -0.25) is 9.78 Å². The molecule has 4 aromatic rings. The number of hydrogen-bond donors (Lipinski definition) is 1. The highest BCUT2D eigenvalue weighted by atomic mass is 19.1. The Kier molecular flexibility index (Phi) is 5.20. The molecule has 0 saturated carbocycles. The van der Waals surface area contributed by atoms with Gasteiger partial charge in [0.2, 0.25) is 5.78 Å². The average molecular weight is 394 g/mol. The van der Waals surface area contributed by atoms with Gasteiger partial charge in [-0.25, -0.2) is 13.3 Å². The van der Waals surface area contributed by atoms with Crippen molar-refractivity contribution in [3.63, 3.8) is 0 Å². The lowest BCUT2D eigenvalue weighted by molar-refractivity contribution is 0.560. The van der Waals surface area contributed by atoms with Crippen molar-refractivity contribution in [3.05, 3.63) is 87.6 Å². The van der Waals surface area contributed by atoms with Crippen LogP contribution in [-0.4, -0.2) is 19.6 Å². The summed E-state index contributed by atoms with van der Waals surface area (Å²) in [4.78, 5) is 19.3. The Balaban J connectivity index is 1.79. The molecule has 2 aromatic heterocycles. The van der Waals surface area contributed by atoms with E-state index in [4.69, 9.17) is 0 Å². The van der Waals surface area contributed by atoms with Gasteiger partial charge in [-0.1, -0.05) is 43.7 Å². The van der Waals surface area contributed by atoms with Crippen LogP contribution in [0.5, 0.6) is 0 Å². The first-order chi connectivity index (χ1) is 14.1. The second-order valence-electron chi connectivity index (χ2n) is 6.94. The number of aryl methyl sites for hydroxylation is 1. The largest absolute Gasteiger partial charge is 0.291 e. The van der Waals surface area contributed by atoms with E-state index in [9.17, 15) is 13.6 Å².